The molecule has 6 heteroatoms. The van der Waals surface area contributed by atoms with Gasteiger partial charge < -0.3 is 10.4 Å². The van der Waals surface area contributed by atoms with E-state index in [0.717, 1.165) is 37.3 Å². The predicted molar refractivity (Wildman–Crippen MR) is 102 cm³/mol. The molecule has 0 aliphatic carbocycles. The number of rotatable bonds is 6. The highest BCUT2D eigenvalue weighted by atomic mass is 16.4. The van der Waals surface area contributed by atoms with Gasteiger partial charge in [-0.1, -0.05) is 71.0 Å². The summed E-state index contributed by atoms with van der Waals surface area (Å²) in [7, 11) is 0. The van der Waals surface area contributed by atoms with Crippen molar-refractivity contribution >= 4 is 11.4 Å². The molecule has 0 amide bonds. The van der Waals surface area contributed by atoms with Gasteiger partial charge in [-0.3, -0.25) is 9.80 Å². The molecule has 0 radical (unpaired) electrons. The number of hydrogen-bond acceptors (Lipinski definition) is 6. The molecule has 0 saturated carbocycles. The van der Waals surface area contributed by atoms with Crippen LogP contribution < -0.4 is 0 Å². The van der Waals surface area contributed by atoms with Crippen LogP contribution in [0.4, 0.5) is 0 Å². The molecule has 0 unspecified atom stereocenters. The van der Waals surface area contributed by atoms with Crippen molar-refractivity contribution in [2.45, 2.75) is 0 Å². The van der Waals surface area contributed by atoms with E-state index >= 15 is 0 Å². The lowest BCUT2D eigenvalue weighted by Gasteiger charge is -2.34. The summed E-state index contributed by atoms with van der Waals surface area (Å²) in [5.74, 6) is 0. The molecule has 1 heterocycles. The van der Waals surface area contributed by atoms with Crippen molar-refractivity contribution in [3.63, 3.8) is 0 Å². The van der Waals surface area contributed by atoms with E-state index in [9.17, 15) is 10.4 Å². The van der Waals surface area contributed by atoms with Crippen LogP contribution in [0.25, 0.3) is 0 Å². The van der Waals surface area contributed by atoms with Gasteiger partial charge in [0.25, 0.3) is 0 Å². The molecule has 26 heavy (non-hydrogen) atoms. The van der Waals surface area contributed by atoms with Crippen LogP contribution in [-0.2, 0) is 0 Å². The number of benzene rings is 2. The summed E-state index contributed by atoms with van der Waals surface area (Å²) in [6.07, 6.45) is 0. The standard InChI is InChI=1S/C20H24N4O2/c25-21-19(17-7-3-1-4-8-17)15-23-11-13-24(14-12-23)16-20(22-26)18-9-5-2-6-10-18/h1-10,25-26H,11-16H2/b21-19+,22-20+. The molecule has 2 N–H and O–H groups in total. The first-order valence-electron chi connectivity index (χ1n) is 8.77. The zero-order chi connectivity index (χ0) is 18.2. The van der Waals surface area contributed by atoms with E-state index in [1.807, 2.05) is 60.7 Å². The second-order valence-corrected chi connectivity index (χ2v) is 6.38. The maximum Gasteiger partial charge on any atom is 0.101 e. The normalized spacial score (nSPS) is 17.4. The van der Waals surface area contributed by atoms with Crippen LogP contribution in [0.15, 0.2) is 71.0 Å². The topological polar surface area (TPSA) is 71.7 Å². The summed E-state index contributed by atoms with van der Waals surface area (Å²) in [5, 5.41) is 25.7. The van der Waals surface area contributed by atoms with Crippen LogP contribution >= 0.6 is 0 Å². The minimum absolute atomic E-state index is 0.619. The molecule has 0 bridgehead atoms. The second kappa shape index (κ2) is 9.12. The van der Waals surface area contributed by atoms with Gasteiger partial charge in [-0.25, -0.2) is 0 Å². The van der Waals surface area contributed by atoms with Gasteiger partial charge in [-0.15, -0.1) is 0 Å². The number of hydrogen-bond donors (Lipinski definition) is 2. The van der Waals surface area contributed by atoms with E-state index in [1.54, 1.807) is 0 Å². The van der Waals surface area contributed by atoms with Gasteiger partial charge >= 0.3 is 0 Å². The summed E-state index contributed by atoms with van der Waals surface area (Å²) in [4.78, 5) is 4.55. The Morgan fingerprint density at radius 2 is 1.00 bits per heavy atom. The number of nitrogens with zero attached hydrogens (tertiary/aromatic N) is 4. The van der Waals surface area contributed by atoms with Gasteiger partial charge in [0.15, 0.2) is 0 Å². The number of piperazine rings is 1. The Morgan fingerprint density at radius 1 is 0.654 bits per heavy atom. The van der Waals surface area contributed by atoms with Crippen LogP contribution in [-0.4, -0.2) is 70.9 Å². The molecule has 3 rings (SSSR count). The Hall–Kier alpha value is -2.70. The van der Waals surface area contributed by atoms with Crippen LogP contribution in [0.3, 0.4) is 0 Å². The van der Waals surface area contributed by atoms with E-state index in [0.29, 0.717) is 24.5 Å². The van der Waals surface area contributed by atoms with Gasteiger partial charge in [-0.2, -0.15) is 0 Å². The third-order valence-electron chi connectivity index (χ3n) is 4.67. The van der Waals surface area contributed by atoms with Crippen molar-refractivity contribution in [2.75, 3.05) is 39.3 Å². The SMILES string of the molecule is O/N=C(\CN1CCN(C/C(=N\O)c2ccccc2)CC1)c1ccccc1. The molecular formula is C20H24N4O2. The Bertz CT molecular complexity index is 673. The van der Waals surface area contributed by atoms with E-state index < -0.39 is 0 Å². The Balaban J connectivity index is 1.53. The fourth-order valence-electron chi connectivity index (χ4n) is 3.15. The average Bonchev–Trinajstić information content (AvgIpc) is 2.72. The lowest BCUT2D eigenvalue weighted by molar-refractivity contribution is 0.159. The van der Waals surface area contributed by atoms with Crippen molar-refractivity contribution in [3.8, 4) is 0 Å². The van der Waals surface area contributed by atoms with Crippen molar-refractivity contribution in [1.82, 2.24) is 9.80 Å². The zero-order valence-electron chi connectivity index (χ0n) is 14.7. The van der Waals surface area contributed by atoms with Crippen LogP contribution in [0, 0.1) is 0 Å². The molecule has 1 fully saturated rings. The van der Waals surface area contributed by atoms with E-state index in [-0.39, 0.29) is 0 Å². The highest BCUT2D eigenvalue weighted by Gasteiger charge is 2.20. The van der Waals surface area contributed by atoms with Gasteiger partial charge in [0, 0.05) is 50.4 Å². The third kappa shape index (κ3) is 4.68. The highest BCUT2D eigenvalue weighted by Crippen LogP contribution is 2.09. The van der Waals surface area contributed by atoms with Gasteiger partial charge in [0.05, 0.1) is 0 Å². The third-order valence-corrected chi connectivity index (χ3v) is 4.67. The first-order chi connectivity index (χ1) is 12.8. The van der Waals surface area contributed by atoms with Gasteiger partial charge in [-0.05, 0) is 0 Å². The Labute approximate surface area is 153 Å². The van der Waals surface area contributed by atoms with Crippen molar-refractivity contribution in [1.29, 1.82) is 0 Å². The predicted octanol–water partition coefficient (Wildman–Crippen LogP) is 2.36. The molecule has 1 saturated heterocycles. The molecule has 136 valence electrons. The van der Waals surface area contributed by atoms with E-state index in [1.165, 1.54) is 0 Å². The quantitative estimate of drug-likeness (QED) is 0.476. The second-order valence-electron chi connectivity index (χ2n) is 6.38. The fraction of sp³-hybridized carbons (Fsp3) is 0.300. The van der Waals surface area contributed by atoms with Crippen LogP contribution in [0.2, 0.25) is 0 Å². The van der Waals surface area contributed by atoms with Gasteiger partial charge in [0.1, 0.15) is 11.4 Å². The molecule has 1 aliphatic heterocycles. The first-order valence-corrected chi connectivity index (χ1v) is 8.77. The molecule has 0 atom stereocenters. The van der Waals surface area contributed by atoms with E-state index in [2.05, 4.69) is 20.1 Å². The van der Waals surface area contributed by atoms with Crippen LogP contribution in [0.5, 0.6) is 0 Å². The van der Waals surface area contributed by atoms with E-state index in [4.69, 9.17) is 0 Å². The molecule has 1 aliphatic rings. The van der Waals surface area contributed by atoms with Gasteiger partial charge in [0.2, 0.25) is 0 Å². The fourth-order valence-corrected chi connectivity index (χ4v) is 3.15. The summed E-state index contributed by atoms with van der Waals surface area (Å²) < 4.78 is 0. The lowest BCUT2D eigenvalue weighted by atomic mass is 10.1. The molecule has 2 aromatic rings. The number of oxime groups is 2. The molecule has 2 aromatic carbocycles. The molecule has 0 aromatic heterocycles. The molecule has 6 nitrogen and oxygen atoms in total. The minimum atomic E-state index is 0.619. The Morgan fingerprint density at radius 3 is 1.31 bits per heavy atom. The van der Waals surface area contributed by atoms with Crippen molar-refractivity contribution in [2.24, 2.45) is 10.3 Å². The maximum atomic E-state index is 9.35. The summed E-state index contributed by atoms with van der Waals surface area (Å²) in [6.45, 7) is 4.74. The summed E-state index contributed by atoms with van der Waals surface area (Å²) in [5.41, 5.74) is 3.24. The smallest absolute Gasteiger partial charge is 0.101 e. The average molecular weight is 352 g/mol. The van der Waals surface area contributed by atoms with Crippen molar-refractivity contribution in [3.05, 3.63) is 71.8 Å². The minimum Gasteiger partial charge on any atom is -0.411 e. The Kier molecular flexibility index (Phi) is 6.35. The largest absolute Gasteiger partial charge is 0.411 e. The highest BCUT2D eigenvalue weighted by molar-refractivity contribution is 6.02. The summed E-state index contributed by atoms with van der Waals surface area (Å²) >= 11 is 0. The molecule has 0 spiro atoms. The molecular weight excluding hydrogens is 328 g/mol. The first kappa shape index (κ1) is 18.1. The summed E-state index contributed by atoms with van der Waals surface area (Å²) in [6, 6.07) is 19.5. The maximum absolute atomic E-state index is 9.35. The van der Waals surface area contributed by atoms with Crippen molar-refractivity contribution < 1.29 is 10.4 Å². The lowest BCUT2D eigenvalue weighted by Crippen LogP contribution is -2.49. The zero-order valence-corrected chi connectivity index (χ0v) is 14.7. The van der Waals surface area contributed by atoms with Crippen LogP contribution in [0.1, 0.15) is 11.1 Å². The monoisotopic (exact) mass is 352 g/mol.